The first-order valence-electron chi connectivity index (χ1n) is 6.61. The third kappa shape index (κ3) is 2.86. The van der Waals surface area contributed by atoms with Crippen molar-refractivity contribution in [3.63, 3.8) is 0 Å². The number of sulfone groups is 1. The lowest BCUT2D eigenvalue weighted by Gasteiger charge is -2.18. The smallest absolute Gasteiger partial charge is 0.271 e. The van der Waals surface area contributed by atoms with Crippen molar-refractivity contribution in [1.29, 1.82) is 0 Å². The van der Waals surface area contributed by atoms with Crippen molar-refractivity contribution in [1.82, 2.24) is 15.1 Å². The number of aromatic amines is 1. The van der Waals surface area contributed by atoms with Gasteiger partial charge in [0.2, 0.25) is 0 Å². The molecule has 8 heteroatoms. The average molecular weight is 325 g/mol. The minimum Gasteiger partial charge on any atom is -0.336 e. The maximum absolute atomic E-state index is 12.4. The van der Waals surface area contributed by atoms with Crippen LogP contribution in [-0.2, 0) is 9.84 Å². The van der Waals surface area contributed by atoms with Crippen LogP contribution in [0.1, 0.15) is 27.0 Å². The monoisotopic (exact) mass is 325 g/mol. The predicted molar refractivity (Wildman–Crippen MR) is 80.0 cm³/mol. The molecule has 0 saturated carbocycles. The number of H-pyrrole nitrogens is 1. The molecule has 21 heavy (non-hydrogen) atoms. The van der Waals surface area contributed by atoms with Gasteiger partial charge in [-0.1, -0.05) is 6.07 Å². The number of carbonyl (C=O) groups excluding carboxylic acids is 1. The standard InChI is InChI=1S/C13H15N3O3S2/c17-13(10-3-5-14-15-10)16-6-4-12(11-2-1-8-20-11)21(18,19)9-7-16/h1-3,5,8,12H,4,6-7,9H2,(H,14,15). The number of nitrogens with zero attached hydrogens (tertiary/aromatic N) is 2. The van der Waals surface area contributed by atoms with Gasteiger partial charge in [0.1, 0.15) is 5.69 Å². The minimum absolute atomic E-state index is 0.00452. The van der Waals surface area contributed by atoms with Crippen LogP contribution >= 0.6 is 11.3 Å². The Hall–Kier alpha value is -1.67. The number of nitrogens with one attached hydrogen (secondary N) is 1. The molecular formula is C13H15N3O3S2. The summed E-state index contributed by atoms with van der Waals surface area (Å²) in [6.45, 7) is 0.654. The molecule has 3 rings (SSSR count). The van der Waals surface area contributed by atoms with E-state index in [9.17, 15) is 13.2 Å². The lowest BCUT2D eigenvalue weighted by atomic mass is 10.2. The molecular weight excluding hydrogens is 310 g/mol. The molecule has 0 spiro atoms. The zero-order valence-electron chi connectivity index (χ0n) is 11.2. The summed E-state index contributed by atoms with van der Waals surface area (Å²) in [4.78, 5) is 14.7. The molecule has 1 aliphatic heterocycles. The quantitative estimate of drug-likeness (QED) is 0.906. The summed E-state index contributed by atoms with van der Waals surface area (Å²) in [5.41, 5.74) is 0.391. The Balaban J connectivity index is 1.81. The highest BCUT2D eigenvalue weighted by Gasteiger charge is 2.33. The molecule has 0 aliphatic carbocycles. The molecule has 1 atom stereocenters. The van der Waals surface area contributed by atoms with Crippen LogP contribution in [-0.4, -0.2) is 48.3 Å². The molecule has 1 saturated heterocycles. The molecule has 112 valence electrons. The molecule has 1 amide bonds. The molecule has 3 heterocycles. The van der Waals surface area contributed by atoms with Gasteiger partial charge >= 0.3 is 0 Å². The lowest BCUT2D eigenvalue weighted by Crippen LogP contribution is -2.33. The van der Waals surface area contributed by atoms with E-state index in [-0.39, 0.29) is 18.2 Å². The Bertz CT molecular complexity index is 708. The summed E-state index contributed by atoms with van der Waals surface area (Å²) in [6.07, 6.45) is 1.94. The third-order valence-corrected chi connectivity index (χ3v) is 6.86. The lowest BCUT2D eigenvalue weighted by molar-refractivity contribution is 0.0760. The van der Waals surface area contributed by atoms with Crippen molar-refractivity contribution in [2.75, 3.05) is 18.8 Å². The topological polar surface area (TPSA) is 83.1 Å². The fourth-order valence-electron chi connectivity index (χ4n) is 2.49. The van der Waals surface area contributed by atoms with Crippen LogP contribution in [0, 0.1) is 0 Å². The Labute approximate surface area is 126 Å². The van der Waals surface area contributed by atoms with Crippen LogP contribution in [0.5, 0.6) is 0 Å². The van der Waals surface area contributed by atoms with Gasteiger partial charge in [0.05, 0.1) is 11.0 Å². The van der Waals surface area contributed by atoms with Gasteiger partial charge in [-0.05, 0) is 23.9 Å². The molecule has 0 radical (unpaired) electrons. The maximum atomic E-state index is 12.4. The number of hydrogen-bond acceptors (Lipinski definition) is 5. The predicted octanol–water partition coefficient (Wildman–Crippen LogP) is 1.47. The van der Waals surface area contributed by atoms with Crippen LogP contribution in [0.25, 0.3) is 0 Å². The number of rotatable bonds is 2. The molecule has 2 aromatic heterocycles. The first-order chi connectivity index (χ1) is 10.1. The molecule has 2 aromatic rings. The number of amides is 1. The zero-order valence-corrected chi connectivity index (χ0v) is 12.9. The van der Waals surface area contributed by atoms with Gasteiger partial charge in [0, 0.05) is 24.2 Å². The maximum Gasteiger partial charge on any atom is 0.271 e. The van der Waals surface area contributed by atoms with Gasteiger partial charge in [0.25, 0.3) is 5.91 Å². The highest BCUT2D eigenvalue weighted by atomic mass is 32.2. The van der Waals surface area contributed by atoms with Crippen molar-refractivity contribution in [2.45, 2.75) is 11.7 Å². The number of hydrogen-bond donors (Lipinski definition) is 1. The third-order valence-electron chi connectivity index (χ3n) is 3.62. The second kappa shape index (κ2) is 5.61. The summed E-state index contributed by atoms with van der Waals surface area (Å²) in [5, 5.41) is 7.76. The largest absolute Gasteiger partial charge is 0.336 e. The van der Waals surface area contributed by atoms with Crippen LogP contribution in [0.4, 0.5) is 0 Å². The van der Waals surface area contributed by atoms with Gasteiger partial charge in [-0.25, -0.2) is 8.42 Å². The van der Waals surface area contributed by atoms with Crippen molar-refractivity contribution in [3.8, 4) is 0 Å². The minimum atomic E-state index is -3.23. The second-order valence-corrected chi connectivity index (χ2v) is 8.20. The Morgan fingerprint density at radius 1 is 1.38 bits per heavy atom. The van der Waals surface area contributed by atoms with Crippen LogP contribution in [0.15, 0.2) is 29.8 Å². The van der Waals surface area contributed by atoms with E-state index >= 15 is 0 Å². The first kappa shape index (κ1) is 14.3. The van der Waals surface area contributed by atoms with Crippen LogP contribution < -0.4 is 0 Å². The Kier molecular flexibility index (Phi) is 3.81. The first-order valence-corrected chi connectivity index (χ1v) is 9.21. The molecule has 0 aromatic carbocycles. The molecule has 6 nitrogen and oxygen atoms in total. The van der Waals surface area contributed by atoms with E-state index in [0.29, 0.717) is 18.7 Å². The van der Waals surface area contributed by atoms with E-state index < -0.39 is 15.1 Å². The van der Waals surface area contributed by atoms with Gasteiger partial charge in [-0.2, -0.15) is 5.10 Å². The van der Waals surface area contributed by atoms with E-state index in [4.69, 9.17) is 0 Å². The fourth-order valence-corrected chi connectivity index (χ4v) is 5.49. The highest BCUT2D eigenvalue weighted by Crippen LogP contribution is 2.32. The SMILES string of the molecule is O=C(c1ccn[nH]1)N1CCC(c2cccs2)S(=O)(=O)CC1. The summed E-state index contributed by atoms with van der Waals surface area (Å²) in [5.74, 6) is -0.204. The van der Waals surface area contributed by atoms with Crippen molar-refractivity contribution in [3.05, 3.63) is 40.3 Å². The molecule has 0 bridgehead atoms. The summed E-state index contributed by atoms with van der Waals surface area (Å²) < 4.78 is 24.8. The average Bonchev–Trinajstić information content (AvgIpc) is 3.12. The van der Waals surface area contributed by atoms with Crippen molar-refractivity contribution >= 4 is 27.1 Å². The van der Waals surface area contributed by atoms with E-state index in [0.717, 1.165) is 4.88 Å². The second-order valence-electron chi connectivity index (χ2n) is 4.92. The Morgan fingerprint density at radius 2 is 2.24 bits per heavy atom. The van der Waals surface area contributed by atoms with E-state index in [2.05, 4.69) is 10.2 Å². The molecule has 1 N–H and O–H groups in total. The molecule has 1 fully saturated rings. The van der Waals surface area contributed by atoms with Crippen molar-refractivity contribution < 1.29 is 13.2 Å². The van der Waals surface area contributed by atoms with Crippen LogP contribution in [0.3, 0.4) is 0 Å². The highest BCUT2D eigenvalue weighted by molar-refractivity contribution is 7.91. The van der Waals surface area contributed by atoms with Gasteiger partial charge < -0.3 is 4.90 Å². The number of thiophene rings is 1. The number of aromatic nitrogens is 2. The van der Waals surface area contributed by atoms with E-state index in [1.54, 1.807) is 11.0 Å². The summed E-state index contributed by atoms with van der Waals surface area (Å²) in [6, 6.07) is 5.30. The van der Waals surface area contributed by atoms with Gasteiger partial charge in [0.15, 0.2) is 9.84 Å². The molecule has 1 unspecified atom stereocenters. The zero-order chi connectivity index (χ0) is 14.9. The van der Waals surface area contributed by atoms with Crippen LogP contribution in [0.2, 0.25) is 0 Å². The van der Waals surface area contributed by atoms with Gasteiger partial charge in [-0.15, -0.1) is 11.3 Å². The number of carbonyl (C=O) groups is 1. The van der Waals surface area contributed by atoms with Crippen molar-refractivity contribution in [2.24, 2.45) is 0 Å². The van der Waals surface area contributed by atoms with E-state index in [1.807, 2.05) is 17.5 Å². The Morgan fingerprint density at radius 3 is 2.90 bits per heavy atom. The fraction of sp³-hybridized carbons (Fsp3) is 0.385. The molecule has 1 aliphatic rings. The van der Waals surface area contributed by atoms with Gasteiger partial charge in [-0.3, -0.25) is 9.89 Å². The summed E-state index contributed by atoms with van der Waals surface area (Å²) >= 11 is 1.45. The van der Waals surface area contributed by atoms with E-state index in [1.165, 1.54) is 17.5 Å². The summed E-state index contributed by atoms with van der Waals surface area (Å²) in [7, 11) is -3.23. The normalized spacial score (nSPS) is 21.9.